The molecule has 0 aliphatic heterocycles. The fraction of sp³-hybridized carbons (Fsp3) is 0.300. The number of carbonyl (C=O) groups excluding carboxylic acids is 1. The first-order valence-electron chi connectivity index (χ1n) is 4.03. The van der Waals surface area contributed by atoms with Crippen molar-refractivity contribution in [1.82, 2.24) is 0 Å². The molecule has 0 heterocycles. The van der Waals surface area contributed by atoms with Crippen LogP contribution in [0.2, 0.25) is 0 Å². The number of benzene rings is 1. The van der Waals surface area contributed by atoms with Gasteiger partial charge in [-0.3, -0.25) is 0 Å². The summed E-state index contributed by atoms with van der Waals surface area (Å²) >= 11 is 0. The molecular formula is C10H10F2O2. The molecule has 14 heavy (non-hydrogen) atoms. The highest BCUT2D eigenvalue weighted by Gasteiger charge is 2.13. The van der Waals surface area contributed by atoms with E-state index >= 15 is 0 Å². The van der Waals surface area contributed by atoms with Crippen LogP contribution in [0, 0.1) is 6.92 Å². The Morgan fingerprint density at radius 1 is 1.43 bits per heavy atom. The average molecular weight is 200 g/mol. The number of methoxy groups -OCH3 is 1. The predicted molar refractivity (Wildman–Crippen MR) is 47.5 cm³/mol. The highest BCUT2D eigenvalue weighted by molar-refractivity contribution is 5.91. The minimum atomic E-state index is -2.57. The Morgan fingerprint density at radius 2 is 2.07 bits per heavy atom. The van der Waals surface area contributed by atoms with Crippen molar-refractivity contribution in [3.63, 3.8) is 0 Å². The zero-order valence-electron chi connectivity index (χ0n) is 7.88. The molecule has 0 aliphatic rings. The Balaban J connectivity index is 3.15. The Labute approximate surface area is 80.5 Å². The molecule has 0 fully saturated rings. The first-order valence-corrected chi connectivity index (χ1v) is 4.03. The first-order chi connectivity index (χ1) is 6.56. The van der Waals surface area contributed by atoms with Gasteiger partial charge in [-0.2, -0.15) is 0 Å². The van der Waals surface area contributed by atoms with Crippen LogP contribution >= 0.6 is 0 Å². The van der Waals surface area contributed by atoms with Crippen LogP contribution in [0.4, 0.5) is 8.78 Å². The maximum atomic E-state index is 12.3. The molecule has 0 bridgehead atoms. The smallest absolute Gasteiger partial charge is 0.338 e. The van der Waals surface area contributed by atoms with Gasteiger partial charge < -0.3 is 4.74 Å². The third-order valence-electron chi connectivity index (χ3n) is 1.92. The van der Waals surface area contributed by atoms with Gasteiger partial charge in [0.2, 0.25) is 0 Å². The second kappa shape index (κ2) is 4.17. The molecule has 0 radical (unpaired) electrons. The molecule has 76 valence electrons. The topological polar surface area (TPSA) is 26.3 Å². The van der Waals surface area contributed by atoms with Gasteiger partial charge in [-0.1, -0.05) is 12.1 Å². The molecular weight excluding hydrogens is 190 g/mol. The van der Waals surface area contributed by atoms with Crippen LogP contribution in [-0.2, 0) is 4.74 Å². The Bertz CT molecular complexity index is 348. The summed E-state index contributed by atoms with van der Waals surface area (Å²) in [7, 11) is 1.22. The summed E-state index contributed by atoms with van der Waals surface area (Å²) in [6.45, 7) is 1.67. The summed E-state index contributed by atoms with van der Waals surface area (Å²) in [5, 5.41) is 0. The molecule has 4 heteroatoms. The second-order valence-corrected chi connectivity index (χ2v) is 2.87. The predicted octanol–water partition coefficient (Wildman–Crippen LogP) is 2.72. The zero-order chi connectivity index (χ0) is 10.7. The molecule has 0 amide bonds. The van der Waals surface area contributed by atoms with E-state index in [0.717, 1.165) is 6.07 Å². The highest BCUT2D eigenvalue weighted by Crippen LogP contribution is 2.21. The maximum Gasteiger partial charge on any atom is 0.338 e. The van der Waals surface area contributed by atoms with Crippen molar-refractivity contribution in [2.45, 2.75) is 13.3 Å². The number of hydrogen-bond acceptors (Lipinski definition) is 2. The monoisotopic (exact) mass is 200 g/mol. The Hall–Kier alpha value is -1.45. The van der Waals surface area contributed by atoms with Crippen LogP contribution in [0.1, 0.15) is 27.9 Å². The number of ether oxygens (including phenoxy) is 1. The lowest BCUT2D eigenvalue weighted by molar-refractivity contribution is 0.0599. The van der Waals surface area contributed by atoms with Crippen molar-refractivity contribution >= 4 is 5.97 Å². The van der Waals surface area contributed by atoms with E-state index in [1.54, 1.807) is 6.92 Å². The van der Waals surface area contributed by atoms with E-state index in [1.165, 1.54) is 19.2 Å². The van der Waals surface area contributed by atoms with Crippen LogP contribution in [0.5, 0.6) is 0 Å². The van der Waals surface area contributed by atoms with Crippen LogP contribution in [-0.4, -0.2) is 13.1 Å². The van der Waals surface area contributed by atoms with E-state index in [1.807, 2.05) is 0 Å². The standard InChI is InChI=1S/C10H10F2O2/c1-6-3-4-7(9(11)12)5-8(6)10(13)14-2/h3-5,9H,1-2H3. The number of carbonyl (C=O) groups is 1. The molecule has 0 unspecified atom stereocenters. The quantitative estimate of drug-likeness (QED) is 0.686. The SMILES string of the molecule is COC(=O)c1cc(C(F)F)ccc1C. The summed E-state index contributed by atoms with van der Waals surface area (Å²) in [6, 6.07) is 3.94. The molecule has 0 atom stereocenters. The molecule has 0 aliphatic carbocycles. The molecule has 1 aromatic carbocycles. The van der Waals surface area contributed by atoms with E-state index in [9.17, 15) is 13.6 Å². The van der Waals surface area contributed by atoms with Gasteiger partial charge in [-0.05, 0) is 18.6 Å². The molecule has 0 N–H and O–H groups in total. The van der Waals surface area contributed by atoms with Gasteiger partial charge in [0, 0.05) is 5.56 Å². The summed E-state index contributed by atoms with van der Waals surface area (Å²) < 4.78 is 29.1. The van der Waals surface area contributed by atoms with Gasteiger partial charge in [0.15, 0.2) is 0 Å². The van der Waals surface area contributed by atoms with Gasteiger partial charge in [0.05, 0.1) is 12.7 Å². The van der Waals surface area contributed by atoms with Crippen LogP contribution in [0.25, 0.3) is 0 Å². The molecule has 2 nitrogen and oxygen atoms in total. The highest BCUT2D eigenvalue weighted by atomic mass is 19.3. The van der Waals surface area contributed by atoms with E-state index < -0.39 is 12.4 Å². The number of aryl methyl sites for hydroxylation is 1. The number of alkyl halides is 2. The lowest BCUT2D eigenvalue weighted by atomic mass is 10.1. The summed E-state index contributed by atoms with van der Waals surface area (Å²) in [6.07, 6.45) is -2.57. The summed E-state index contributed by atoms with van der Waals surface area (Å²) in [4.78, 5) is 11.1. The maximum absolute atomic E-state index is 12.3. The number of hydrogen-bond donors (Lipinski definition) is 0. The molecule has 1 rings (SSSR count). The number of halogens is 2. The fourth-order valence-electron chi connectivity index (χ4n) is 1.11. The average Bonchev–Trinajstić information content (AvgIpc) is 2.17. The van der Waals surface area contributed by atoms with E-state index in [-0.39, 0.29) is 11.1 Å². The Kier molecular flexibility index (Phi) is 3.17. The van der Waals surface area contributed by atoms with Crippen molar-refractivity contribution < 1.29 is 18.3 Å². The van der Waals surface area contributed by atoms with Crippen molar-refractivity contribution in [2.24, 2.45) is 0 Å². The summed E-state index contributed by atoms with van der Waals surface area (Å²) in [5.41, 5.74) is 0.641. The van der Waals surface area contributed by atoms with Crippen LogP contribution < -0.4 is 0 Å². The molecule has 0 spiro atoms. The minimum absolute atomic E-state index is 0.170. The largest absolute Gasteiger partial charge is 0.465 e. The zero-order valence-corrected chi connectivity index (χ0v) is 7.88. The van der Waals surface area contributed by atoms with E-state index in [2.05, 4.69) is 4.74 Å². The third-order valence-corrected chi connectivity index (χ3v) is 1.92. The van der Waals surface area contributed by atoms with Crippen molar-refractivity contribution in [3.05, 3.63) is 34.9 Å². The van der Waals surface area contributed by atoms with Gasteiger partial charge in [0.25, 0.3) is 6.43 Å². The Morgan fingerprint density at radius 3 is 2.57 bits per heavy atom. The lowest BCUT2D eigenvalue weighted by Gasteiger charge is -2.06. The third kappa shape index (κ3) is 2.07. The fourth-order valence-corrected chi connectivity index (χ4v) is 1.11. The second-order valence-electron chi connectivity index (χ2n) is 2.87. The van der Waals surface area contributed by atoms with Crippen molar-refractivity contribution in [2.75, 3.05) is 7.11 Å². The lowest BCUT2D eigenvalue weighted by Crippen LogP contribution is -2.04. The minimum Gasteiger partial charge on any atom is -0.465 e. The first kappa shape index (κ1) is 10.6. The number of rotatable bonds is 2. The molecule has 0 aromatic heterocycles. The van der Waals surface area contributed by atoms with Gasteiger partial charge in [0.1, 0.15) is 0 Å². The normalized spacial score (nSPS) is 10.4. The molecule has 0 saturated carbocycles. The molecule has 1 aromatic rings. The summed E-state index contributed by atoms with van der Waals surface area (Å²) in [5.74, 6) is -0.593. The molecule has 0 saturated heterocycles. The van der Waals surface area contributed by atoms with E-state index in [0.29, 0.717) is 5.56 Å². The van der Waals surface area contributed by atoms with Crippen LogP contribution in [0.15, 0.2) is 18.2 Å². The van der Waals surface area contributed by atoms with Gasteiger partial charge in [-0.15, -0.1) is 0 Å². The van der Waals surface area contributed by atoms with E-state index in [4.69, 9.17) is 0 Å². The van der Waals surface area contributed by atoms with Crippen molar-refractivity contribution in [3.8, 4) is 0 Å². The van der Waals surface area contributed by atoms with Gasteiger partial charge >= 0.3 is 5.97 Å². The number of esters is 1. The van der Waals surface area contributed by atoms with Crippen molar-refractivity contribution in [1.29, 1.82) is 0 Å². The van der Waals surface area contributed by atoms with Gasteiger partial charge in [-0.25, -0.2) is 13.6 Å². The van der Waals surface area contributed by atoms with Crippen LogP contribution in [0.3, 0.4) is 0 Å².